The molecule has 1 atom stereocenters. The molecular formula is C21H20ClN3O4S2. The fourth-order valence-corrected chi connectivity index (χ4v) is 5.82. The Labute approximate surface area is 190 Å². The van der Waals surface area contributed by atoms with Gasteiger partial charge in [-0.15, -0.1) is 16.8 Å². The minimum Gasteiger partial charge on any atom is -0.485 e. The van der Waals surface area contributed by atoms with Crippen molar-refractivity contribution in [2.45, 2.75) is 22.7 Å². The summed E-state index contributed by atoms with van der Waals surface area (Å²) in [7, 11) is -3.42. The van der Waals surface area contributed by atoms with Crippen LogP contribution in [0.15, 0.2) is 71.2 Å². The van der Waals surface area contributed by atoms with Gasteiger partial charge in [-0.2, -0.15) is 0 Å². The SMILES string of the molecule is C=CCn1c(SCCS(=O)(=O)c2ccc(Cl)cc2)nnc1C1COc2ccccc2O1. The van der Waals surface area contributed by atoms with Gasteiger partial charge in [-0.05, 0) is 36.4 Å². The summed E-state index contributed by atoms with van der Waals surface area (Å²) >= 11 is 7.17. The number of fused-ring (bicyclic) bond motifs is 1. The summed E-state index contributed by atoms with van der Waals surface area (Å²) in [5.41, 5.74) is 0. The van der Waals surface area contributed by atoms with Gasteiger partial charge in [-0.3, -0.25) is 4.57 Å². The van der Waals surface area contributed by atoms with Crippen LogP contribution in [0.1, 0.15) is 11.9 Å². The molecule has 1 aliphatic heterocycles. The zero-order valence-corrected chi connectivity index (χ0v) is 18.9. The zero-order valence-electron chi connectivity index (χ0n) is 16.5. The third-order valence-corrected chi connectivity index (χ3v) is 7.82. The highest BCUT2D eigenvalue weighted by Gasteiger charge is 2.28. The maximum atomic E-state index is 12.6. The largest absolute Gasteiger partial charge is 0.485 e. The van der Waals surface area contributed by atoms with Gasteiger partial charge in [0.05, 0.1) is 10.6 Å². The van der Waals surface area contributed by atoms with E-state index in [4.69, 9.17) is 21.1 Å². The fourth-order valence-electron chi connectivity index (χ4n) is 3.09. The lowest BCUT2D eigenvalue weighted by molar-refractivity contribution is 0.0821. The number of rotatable bonds is 8. The summed E-state index contributed by atoms with van der Waals surface area (Å²) in [6, 6.07) is 13.6. The van der Waals surface area contributed by atoms with E-state index in [1.165, 1.54) is 23.9 Å². The molecule has 2 aromatic carbocycles. The first kappa shape index (κ1) is 21.7. The Bertz CT molecular complexity index is 1180. The molecule has 31 heavy (non-hydrogen) atoms. The topological polar surface area (TPSA) is 83.3 Å². The predicted molar refractivity (Wildman–Crippen MR) is 120 cm³/mol. The molecule has 2 heterocycles. The molecule has 0 aliphatic carbocycles. The Morgan fingerprint density at radius 1 is 1.16 bits per heavy atom. The van der Waals surface area contributed by atoms with Crippen molar-refractivity contribution in [2.75, 3.05) is 18.1 Å². The number of benzene rings is 2. The number of aromatic nitrogens is 3. The molecule has 7 nitrogen and oxygen atoms in total. The van der Waals surface area contributed by atoms with E-state index >= 15 is 0 Å². The molecule has 4 rings (SSSR count). The number of halogens is 1. The maximum Gasteiger partial charge on any atom is 0.192 e. The van der Waals surface area contributed by atoms with Gasteiger partial charge in [0, 0.05) is 17.3 Å². The molecule has 3 aromatic rings. The first-order valence-electron chi connectivity index (χ1n) is 9.51. The third kappa shape index (κ3) is 4.89. The Hall–Kier alpha value is -2.49. The van der Waals surface area contributed by atoms with Gasteiger partial charge in [0.1, 0.15) is 6.61 Å². The zero-order chi connectivity index (χ0) is 21.8. The van der Waals surface area contributed by atoms with Crippen LogP contribution in [0.5, 0.6) is 11.5 Å². The molecule has 0 amide bonds. The van der Waals surface area contributed by atoms with Crippen molar-refractivity contribution in [1.82, 2.24) is 14.8 Å². The molecule has 0 saturated heterocycles. The van der Waals surface area contributed by atoms with Crippen molar-refractivity contribution in [3.05, 3.63) is 72.0 Å². The minimum absolute atomic E-state index is 0.0357. The summed E-state index contributed by atoms with van der Waals surface area (Å²) in [5, 5.41) is 9.64. The second kappa shape index (κ2) is 9.33. The van der Waals surface area contributed by atoms with E-state index < -0.39 is 15.9 Å². The van der Waals surface area contributed by atoms with Crippen molar-refractivity contribution in [1.29, 1.82) is 0 Å². The van der Waals surface area contributed by atoms with E-state index in [9.17, 15) is 8.42 Å². The molecule has 0 spiro atoms. The van der Waals surface area contributed by atoms with Crippen LogP contribution in [-0.4, -0.2) is 41.3 Å². The molecule has 0 bridgehead atoms. The average molecular weight is 478 g/mol. The molecule has 1 aromatic heterocycles. The van der Waals surface area contributed by atoms with Crippen molar-refractivity contribution in [2.24, 2.45) is 0 Å². The number of sulfone groups is 1. The van der Waals surface area contributed by atoms with E-state index in [1.54, 1.807) is 18.2 Å². The maximum absolute atomic E-state index is 12.6. The number of para-hydroxylation sites is 2. The van der Waals surface area contributed by atoms with Gasteiger partial charge in [-0.25, -0.2) is 8.42 Å². The van der Waals surface area contributed by atoms with Gasteiger partial charge < -0.3 is 9.47 Å². The lowest BCUT2D eigenvalue weighted by Crippen LogP contribution is -2.25. The minimum atomic E-state index is -3.42. The van der Waals surface area contributed by atoms with Gasteiger partial charge in [0.25, 0.3) is 0 Å². The fraction of sp³-hybridized carbons (Fsp3) is 0.238. The van der Waals surface area contributed by atoms with E-state index in [2.05, 4.69) is 16.8 Å². The van der Waals surface area contributed by atoms with Crippen molar-refractivity contribution >= 4 is 33.2 Å². The van der Waals surface area contributed by atoms with E-state index in [-0.39, 0.29) is 10.6 Å². The Balaban J connectivity index is 1.46. The lowest BCUT2D eigenvalue weighted by atomic mass is 10.2. The summed E-state index contributed by atoms with van der Waals surface area (Å²) < 4.78 is 38.8. The third-order valence-electron chi connectivity index (χ3n) is 4.61. The number of hydrogen-bond donors (Lipinski definition) is 0. The van der Waals surface area contributed by atoms with Gasteiger partial charge >= 0.3 is 0 Å². The van der Waals surface area contributed by atoms with Crippen LogP contribution in [-0.2, 0) is 16.4 Å². The Morgan fingerprint density at radius 2 is 1.90 bits per heavy atom. The molecule has 162 valence electrons. The summed E-state index contributed by atoms with van der Waals surface area (Å²) in [6.45, 7) is 4.58. The monoisotopic (exact) mass is 477 g/mol. The molecule has 0 saturated carbocycles. The van der Waals surface area contributed by atoms with Crippen LogP contribution in [0.3, 0.4) is 0 Å². The van der Waals surface area contributed by atoms with Crippen LogP contribution in [0.4, 0.5) is 0 Å². The van der Waals surface area contributed by atoms with Crippen LogP contribution < -0.4 is 9.47 Å². The van der Waals surface area contributed by atoms with Crippen LogP contribution in [0.25, 0.3) is 0 Å². The number of hydrogen-bond acceptors (Lipinski definition) is 7. The highest BCUT2D eigenvalue weighted by Crippen LogP contribution is 2.36. The number of nitrogens with zero attached hydrogens (tertiary/aromatic N) is 3. The van der Waals surface area contributed by atoms with E-state index in [0.29, 0.717) is 46.4 Å². The second-order valence-electron chi connectivity index (χ2n) is 6.73. The normalized spacial score (nSPS) is 15.6. The molecule has 0 fully saturated rings. The van der Waals surface area contributed by atoms with Crippen LogP contribution in [0.2, 0.25) is 5.02 Å². The summed E-state index contributed by atoms with van der Waals surface area (Å²) in [6.07, 6.45) is 1.31. The highest BCUT2D eigenvalue weighted by molar-refractivity contribution is 8.00. The predicted octanol–water partition coefficient (Wildman–Crippen LogP) is 4.20. The van der Waals surface area contributed by atoms with Crippen molar-refractivity contribution in [3.63, 3.8) is 0 Å². The Kier molecular flexibility index (Phi) is 6.54. The second-order valence-corrected chi connectivity index (χ2v) is 10.3. The first-order chi connectivity index (χ1) is 15.0. The number of ether oxygens (including phenoxy) is 2. The molecule has 10 heteroatoms. The first-order valence-corrected chi connectivity index (χ1v) is 12.5. The highest BCUT2D eigenvalue weighted by atomic mass is 35.5. The number of thioether (sulfide) groups is 1. The van der Waals surface area contributed by atoms with Gasteiger partial charge in [0.2, 0.25) is 0 Å². The van der Waals surface area contributed by atoms with Crippen molar-refractivity contribution in [3.8, 4) is 11.5 Å². The quantitative estimate of drug-likeness (QED) is 0.355. The summed E-state index contributed by atoms with van der Waals surface area (Å²) in [4.78, 5) is 0.247. The lowest BCUT2D eigenvalue weighted by Gasteiger charge is -2.26. The molecular weight excluding hydrogens is 458 g/mol. The summed E-state index contributed by atoms with van der Waals surface area (Å²) in [5.74, 6) is 2.24. The van der Waals surface area contributed by atoms with Gasteiger partial charge in [0.15, 0.2) is 38.4 Å². The van der Waals surface area contributed by atoms with Gasteiger partial charge in [-0.1, -0.05) is 41.6 Å². The molecule has 0 radical (unpaired) electrons. The van der Waals surface area contributed by atoms with Crippen LogP contribution >= 0.6 is 23.4 Å². The molecule has 0 N–H and O–H groups in total. The van der Waals surface area contributed by atoms with E-state index in [1.807, 2.05) is 28.8 Å². The smallest absolute Gasteiger partial charge is 0.192 e. The Morgan fingerprint density at radius 3 is 2.65 bits per heavy atom. The van der Waals surface area contributed by atoms with E-state index in [0.717, 1.165) is 0 Å². The van der Waals surface area contributed by atoms with Crippen LogP contribution in [0, 0.1) is 0 Å². The molecule has 1 aliphatic rings. The molecule has 1 unspecified atom stereocenters. The van der Waals surface area contributed by atoms with Crippen molar-refractivity contribution < 1.29 is 17.9 Å². The average Bonchev–Trinajstić information content (AvgIpc) is 3.16. The standard InChI is InChI=1S/C21H20ClN3O4S2/c1-2-11-25-20(19-14-28-17-5-3-4-6-18(17)29-19)23-24-21(25)30-12-13-31(26,27)16-9-7-15(22)8-10-16/h2-10,19H,1,11-14H2. The number of allylic oxidation sites excluding steroid dienone is 1.